The van der Waals surface area contributed by atoms with Crippen LogP contribution in [-0.2, 0) is 21.3 Å². The van der Waals surface area contributed by atoms with Crippen molar-refractivity contribution >= 4 is 21.4 Å². The van der Waals surface area contributed by atoms with Crippen molar-refractivity contribution in [1.29, 1.82) is 5.26 Å². The number of unbranched alkanes of at least 4 members (excludes halogenated alkanes) is 1. The average Bonchev–Trinajstić information content (AvgIpc) is 3.42. The Morgan fingerprint density at radius 1 is 1.27 bits per heavy atom. The normalized spacial score (nSPS) is 16.8. The molecule has 2 aromatic rings. The van der Waals surface area contributed by atoms with Gasteiger partial charge in [0.2, 0.25) is 15.9 Å². The van der Waals surface area contributed by atoms with E-state index in [0.717, 1.165) is 38.5 Å². The number of aromatic nitrogens is 1. The zero-order chi connectivity index (χ0) is 27.0. The van der Waals surface area contributed by atoms with Gasteiger partial charge in [0.25, 0.3) is 5.56 Å². The molecule has 0 aliphatic carbocycles. The van der Waals surface area contributed by atoms with Gasteiger partial charge in [-0.3, -0.25) is 9.36 Å². The highest BCUT2D eigenvalue weighted by Gasteiger charge is 2.22. The van der Waals surface area contributed by atoms with Gasteiger partial charge in [-0.1, -0.05) is 33.1 Å². The third kappa shape index (κ3) is 7.03. The first kappa shape index (κ1) is 28.5. The largest absolute Gasteiger partial charge is 0.493 e. The number of benzene rings is 1. The minimum Gasteiger partial charge on any atom is -0.493 e. The zero-order valence-electron chi connectivity index (χ0n) is 21.6. The molecular weight excluding hydrogens is 494 g/mol. The van der Waals surface area contributed by atoms with Crippen LogP contribution in [0.15, 0.2) is 44.2 Å². The molecular formula is C26H35N5O5S. The second kappa shape index (κ2) is 12.9. The molecule has 10 nitrogen and oxygen atoms in total. The van der Waals surface area contributed by atoms with E-state index in [9.17, 15) is 23.6 Å². The van der Waals surface area contributed by atoms with Gasteiger partial charge in [0, 0.05) is 25.3 Å². The number of hydrogen-bond donors (Lipinski definition) is 2. The van der Waals surface area contributed by atoms with Crippen LogP contribution in [0.1, 0.15) is 63.5 Å². The molecule has 0 saturated carbocycles. The lowest BCUT2D eigenvalue weighted by atomic mass is 9.99. The molecule has 1 fully saturated rings. The number of pyridine rings is 1. The predicted molar refractivity (Wildman–Crippen MR) is 140 cm³/mol. The van der Waals surface area contributed by atoms with Gasteiger partial charge in [-0.15, -0.1) is 5.11 Å². The molecule has 3 rings (SSSR count). The van der Waals surface area contributed by atoms with Crippen LogP contribution in [0.25, 0.3) is 0 Å². The first-order valence-corrected chi connectivity index (χ1v) is 14.2. The SMILES string of the molecule is CCCCC(CC)Cn1c(O)c(/N=N/c2ccc(S(=O)(=O)NCC3CCCO3)cc2)c(C)c(C#N)c1=O. The highest BCUT2D eigenvalue weighted by Crippen LogP contribution is 2.33. The fraction of sp³-hybridized carbons (Fsp3) is 0.538. The quantitative estimate of drug-likeness (QED) is 0.377. The van der Waals surface area contributed by atoms with Crippen LogP contribution in [0.4, 0.5) is 11.4 Å². The number of azo groups is 1. The van der Waals surface area contributed by atoms with Gasteiger partial charge < -0.3 is 9.84 Å². The van der Waals surface area contributed by atoms with Crippen molar-refractivity contribution in [2.75, 3.05) is 13.2 Å². The summed E-state index contributed by atoms with van der Waals surface area (Å²) in [6.45, 7) is 6.82. The van der Waals surface area contributed by atoms with Crippen molar-refractivity contribution in [3.8, 4) is 11.9 Å². The minimum absolute atomic E-state index is 0.0384. The van der Waals surface area contributed by atoms with E-state index < -0.39 is 15.6 Å². The van der Waals surface area contributed by atoms with Gasteiger partial charge >= 0.3 is 0 Å². The van der Waals surface area contributed by atoms with E-state index in [0.29, 0.717) is 12.3 Å². The van der Waals surface area contributed by atoms with Crippen molar-refractivity contribution in [3.63, 3.8) is 0 Å². The van der Waals surface area contributed by atoms with Crippen LogP contribution in [0.5, 0.6) is 5.88 Å². The molecule has 1 aromatic carbocycles. The van der Waals surface area contributed by atoms with Gasteiger partial charge in [-0.25, -0.2) is 13.1 Å². The third-order valence-corrected chi connectivity index (χ3v) is 8.13. The third-order valence-electron chi connectivity index (χ3n) is 6.69. The second-order valence-electron chi connectivity index (χ2n) is 9.30. The number of ether oxygens (including phenoxy) is 1. The predicted octanol–water partition coefficient (Wildman–Crippen LogP) is 4.82. The summed E-state index contributed by atoms with van der Waals surface area (Å²) >= 11 is 0. The fourth-order valence-electron chi connectivity index (χ4n) is 4.29. The molecule has 1 aromatic heterocycles. The van der Waals surface area contributed by atoms with Gasteiger partial charge in [-0.2, -0.15) is 10.4 Å². The molecule has 1 saturated heterocycles. The van der Waals surface area contributed by atoms with Crippen LogP contribution in [-0.4, -0.2) is 37.3 Å². The van der Waals surface area contributed by atoms with E-state index in [1.165, 1.54) is 28.8 Å². The summed E-state index contributed by atoms with van der Waals surface area (Å²) in [5.41, 5.74) is -0.00427. The van der Waals surface area contributed by atoms with Crippen molar-refractivity contribution in [1.82, 2.24) is 9.29 Å². The maximum absolute atomic E-state index is 12.9. The molecule has 200 valence electrons. The summed E-state index contributed by atoms with van der Waals surface area (Å²) in [5.74, 6) is -0.163. The monoisotopic (exact) mass is 529 g/mol. The van der Waals surface area contributed by atoms with Crippen LogP contribution >= 0.6 is 0 Å². The summed E-state index contributed by atoms with van der Waals surface area (Å²) in [6, 6.07) is 7.76. The van der Waals surface area contributed by atoms with E-state index in [4.69, 9.17) is 4.74 Å². The molecule has 0 spiro atoms. The molecule has 0 bridgehead atoms. The first-order valence-electron chi connectivity index (χ1n) is 12.7. The van der Waals surface area contributed by atoms with E-state index in [1.807, 2.05) is 13.0 Å². The number of hydrogen-bond acceptors (Lipinski definition) is 8. The van der Waals surface area contributed by atoms with E-state index in [1.54, 1.807) is 6.92 Å². The smallest absolute Gasteiger partial charge is 0.271 e. The van der Waals surface area contributed by atoms with Crippen molar-refractivity contribution < 1.29 is 18.3 Å². The molecule has 1 aliphatic heterocycles. The fourth-order valence-corrected chi connectivity index (χ4v) is 5.36. The number of nitrogens with one attached hydrogen (secondary N) is 1. The Morgan fingerprint density at radius 2 is 2.00 bits per heavy atom. The Morgan fingerprint density at radius 3 is 2.59 bits per heavy atom. The molecule has 0 radical (unpaired) electrons. The maximum atomic E-state index is 12.9. The highest BCUT2D eigenvalue weighted by atomic mass is 32.2. The maximum Gasteiger partial charge on any atom is 0.271 e. The Labute approximate surface area is 218 Å². The Hall–Kier alpha value is -3.07. The zero-order valence-corrected chi connectivity index (χ0v) is 22.4. The van der Waals surface area contributed by atoms with Crippen LogP contribution in [0, 0.1) is 24.2 Å². The number of rotatable bonds is 12. The van der Waals surface area contributed by atoms with Crippen molar-refractivity contribution in [2.24, 2.45) is 16.1 Å². The molecule has 2 N–H and O–H groups in total. The molecule has 2 atom stereocenters. The molecule has 0 amide bonds. The summed E-state index contributed by atoms with van der Waals surface area (Å²) in [4.78, 5) is 13.0. The Kier molecular flexibility index (Phi) is 9.97. The molecule has 11 heteroatoms. The lowest BCUT2D eigenvalue weighted by molar-refractivity contribution is 0.114. The summed E-state index contributed by atoms with van der Waals surface area (Å²) in [5, 5.41) is 28.8. The van der Waals surface area contributed by atoms with Crippen LogP contribution in [0.3, 0.4) is 0 Å². The van der Waals surface area contributed by atoms with Crippen molar-refractivity contribution in [2.45, 2.75) is 76.8 Å². The molecule has 2 heterocycles. The highest BCUT2D eigenvalue weighted by molar-refractivity contribution is 7.89. The number of nitriles is 1. The number of nitrogens with zero attached hydrogens (tertiary/aromatic N) is 4. The molecule has 2 unspecified atom stereocenters. The van der Waals surface area contributed by atoms with E-state index in [2.05, 4.69) is 21.9 Å². The first-order chi connectivity index (χ1) is 17.7. The minimum atomic E-state index is -3.70. The summed E-state index contributed by atoms with van der Waals surface area (Å²) in [6.07, 6.45) is 5.41. The summed E-state index contributed by atoms with van der Waals surface area (Å²) < 4.78 is 34.4. The van der Waals surface area contributed by atoms with E-state index >= 15 is 0 Å². The second-order valence-corrected chi connectivity index (χ2v) is 11.1. The topological polar surface area (TPSA) is 146 Å². The Balaban J connectivity index is 1.84. The van der Waals surface area contributed by atoms with E-state index in [-0.39, 0.29) is 52.7 Å². The van der Waals surface area contributed by atoms with Crippen LogP contribution in [0.2, 0.25) is 0 Å². The van der Waals surface area contributed by atoms with Crippen LogP contribution < -0.4 is 10.3 Å². The van der Waals surface area contributed by atoms with Gasteiger partial charge in [-0.05, 0) is 56.4 Å². The molecule has 37 heavy (non-hydrogen) atoms. The van der Waals surface area contributed by atoms with Gasteiger partial charge in [0.15, 0.2) is 5.69 Å². The average molecular weight is 530 g/mol. The molecule has 1 aliphatic rings. The van der Waals surface area contributed by atoms with Crippen molar-refractivity contribution in [3.05, 3.63) is 45.7 Å². The number of aromatic hydroxyl groups is 1. The lowest BCUT2D eigenvalue weighted by Crippen LogP contribution is -2.31. The Bertz CT molecular complexity index is 1310. The lowest BCUT2D eigenvalue weighted by Gasteiger charge is -2.19. The van der Waals surface area contributed by atoms with Gasteiger partial charge in [0.05, 0.1) is 16.7 Å². The van der Waals surface area contributed by atoms with Gasteiger partial charge in [0.1, 0.15) is 11.6 Å². The summed E-state index contributed by atoms with van der Waals surface area (Å²) in [7, 11) is -3.70. The standard InChI is InChI=1S/C26H35N5O5S/c1-4-6-8-19(5-2)17-31-25(32)23(15-27)18(3)24(26(31)33)30-29-20-10-12-22(13-11-20)37(34,35)28-16-21-9-7-14-36-21/h10-13,19,21,28,33H,4-9,14,16-17H2,1-3H3/b30-29+. The number of sulfonamides is 1.